The van der Waals surface area contributed by atoms with Gasteiger partial charge < -0.3 is 13.9 Å². The van der Waals surface area contributed by atoms with Crippen LogP contribution in [0.5, 0.6) is 0 Å². The van der Waals surface area contributed by atoms with Gasteiger partial charge in [-0.05, 0) is 109 Å². The molecular formula is C58H36N2O. The number of furan rings is 1. The lowest BCUT2D eigenvalue weighted by Gasteiger charge is -2.26. The van der Waals surface area contributed by atoms with E-state index in [0.717, 1.165) is 61.3 Å². The van der Waals surface area contributed by atoms with Crippen molar-refractivity contribution >= 4 is 104 Å². The van der Waals surface area contributed by atoms with Gasteiger partial charge in [0.05, 0.1) is 11.0 Å². The van der Waals surface area contributed by atoms with Gasteiger partial charge in [-0.25, -0.2) is 0 Å². The van der Waals surface area contributed by atoms with Crippen LogP contribution in [0.1, 0.15) is 0 Å². The van der Waals surface area contributed by atoms with Crippen LogP contribution in [0.2, 0.25) is 0 Å². The molecule has 0 spiro atoms. The predicted octanol–water partition coefficient (Wildman–Crippen LogP) is 16.4. The van der Waals surface area contributed by atoms with Crippen LogP contribution in [0.25, 0.3) is 104 Å². The topological polar surface area (TPSA) is 21.3 Å². The molecule has 2 heterocycles. The van der Waals surface area contributed by atoms with Gasteiger partial charge in [0.1, 0.15) is 11.2 Å². The van der Waals surface area contributed by atoms with Crippen LogP contribution in [0.3, 0.4) is 0 Å². The molecule has 13 aromatic rings. The van der Waals surface area contributed by atoms with Gasteiger partial charge in [-0.15, -0.1) is 0 Å². The Bertz CT molecular complexity index is 3840. The van der Waals surface area contributed by atoms with Crippen molar-refractivity contribution in [2.24, 2.45) is 0 Å². The molecule has 0 aliphatic carbocycles. The third-order valence-electron chi connectivity index (χ3n) is 12.7. The van der Waals surface area contributed by atoms with Crippen molar-refractivity contribution in [3.63, 3.8) is 0 Å². The molecule has 0 saturated carbocycles. The lowest BCUT2D eigenvalue weighted by Crippen LogP contribution is -2.09. The highest BCUT2D eigenvalue weighted by Gasteiger charge is 2.24. The van der Waals surface area contributed by atoms with E-state index >= 15 is 0 Å². The maximum atomic E-state index is 6.73. The maximum Gasteiger partial charge on any atom is 0.138 e. The molecule has 13 rings (SSSR count). The summed E-state index contributed by atoms with van der Waals surface area (Å²) in [4.78, 5) is 2.41. The molecule has 0 radical (unpaired) electrons. The zero-order valence-electron chi connectivity index (χ0n) is 33.1. The summed E-state index contributed by atoms with van der Waals surface area (Å²) >= 11 is 0. The summed E-state index contributed by atoms with van der Waals surface area (Å²) in [6.45, 7) is 0. The Morgan fingerprint density at radius 1 is 0.328 bits per heavy atom. The summed E-state index contributed by atoms with van der Waals surface area (Å²) < 4.78 is 9.16. The number of aromatic nitrogens is 1. The zero-order chi connectivity index (χ0) is 40.0. The fourth-order valence-corrected chi connectivity index (χ4v) is 10.1. The smallest absolute Gasteiger partial charge is 0.138 e. The summed E-state index contributed by atoms with van der Waals surface area (Å²) in [5.74, 6) is 0. The van der Waals surface area contributed by atoms with E-state index in [-0.39, 0.29) is 0 Å². The predicted molar refractivity (Wildman–Crippen MR) is 258 cm³/mol. The van der Waals surface area contributed by atoms with Crippen molar-refractivity contribution in [2.45, 2.75) is 0 Å². The van der Waals surface area contributed by atoms with Crippen LogP contribution < -0.4 is 4.90 Å². The number of nitrogens with zero attached hydrogens (tertiary/aromatic N) is 2. The van der Waals surface area contributed by atoms with Gasteiger partial charge in [-0.2, -0.15) is 0 Å². The van der Waals surface area contributed by atoms with E-state index in [1.165, 1.54) is 59.4 Å². The monoisotopic (exact) mass is 776 g/mol. The van der Waals surface area contributed by atoms with Crippen molar-refractivity contribution in [2.75, 3.05) is 4.90 Å². The van der Waals surface area contributed by atoms with E-state index in [9.17, 15) is 0 Å². The highest BCUT2D eigenvalue weighted by molar-refractivity contribution is 6.28. The van der Waals surface area contributed by atoms with Gasteiger partial charge >= 0.3 is 0 Å². The Morgan fingerprint density at radius 3 is 1.64 bits per heavy atom. The molecule has 11 aromatic carbocycles. The SMILES string of the molecule is c1ccc(-c2c3c(cc4c2c2cc(N(c5ccccc5)c5ccc6c7ccccc7c7ccccc7c6c5)ccc2n4-c2ccc4ccccc4c2)oc2ccccc23)cc1. The molecule has 0 N–H and O–H groups in total. The van der Waals surface area contributed by atoms with Gasteiger partial charge in [0, 0.05) is 55.9 Å². The highest BCUT2D eigenvalue weighted by Crippen LogP contribution is 2.48. The number of hydrogen-bond donors (Lipinski definition) is 0. The third kappa shape index (κ3) is 5.11. The Kier molecular flexibility index (Phi) is 7.31. The normalized spacial score (nSPS) is 11.9. The van der Waals surface area contributed by atoms with E-state index in [1.54, 1.807) is 0 Å². The van der Waals surface area contributed by atoms with Crippen LogP contribution in [0, 0.1) is 0 Å². The van der Waals surface area contributed by atoms with Crippen LogP contribution in [0.15, 0.2) is 223 Å². The minimum absolute atomic E-state index is 0.874. The van der Waals surface area contributed by atoms with Crippen LogP contribution in [-0.2, 0) is 0 Å². The fraction of sp³-hybridized carbons (Fsp3) is 0. The van der Waals surface area contributed by atoms with Gasteiger partial charge in [-0.1, -0.05) is 152 Å². The van der Waals surface area contributed by atoms with Gasteiger partial charge in [0.25, 0.3) is 0 Å². The molecular weight excluding hydrogens is 741 g/mol. The lowest BCUT2D eigenvalue weighted by atomic mass is 9.93. The molecule has 0 atom stereocenters. The number of benzene rings is 11. The zero-order valence-corrected chi connectivity index (χ0v) is 33.1. The minimum atomic E-state index is 0.874. The summed E-state index contributed by atoms with van der Waals surface area (Å²) in [6, 6.07) is 79.3. The van der Waals surface area contributed by atoms with Gasteiger partial charge in [0.15, 0.2) is 0 Å². The second-order valence-corrected chi connectivity index (χ2v) is 16.0. The average Bonchev–Trinajstić information content (AvgIpc) is 3.86. The molecule has 0 aliphatic heterocycles. The first kappa shape index (κ1) is 33.8. The summed E-state index contributed by atoms with van der Waals surface area (Å²) in [6.07, 6.45) is 0. The Labute approximate surface area is 351 Å². The van der Waals surface area contributed by atoms with Crippen LogP contribution >= 0.6 is 0 Å². The van der Waals surface area contributed by atoms with Crippen LogP contribution in [0.4, 0.5) is 17.1 Å². The summed E-state index contributed by atoms with van der Waals surface area (Å²) in [5.41, 5.74) is 10.7. The third-order valence-corrected chi connectivity index (χ3v) is 12.7. The summed E-state index contributed by atoms with van der Waals surface area (Å²) in [7, 11) is 0. The van der Waals surface area contributed by atoms with E-state index in [1.807, 2.05) is 0 Å². The first-order chi connectivity index (χ1) is 30.3. The Morgan fingerprint density at radius 2 is 0.902 bits per heavy atom. The number of rotatable bonds is 5. The maximum absolute atomic E-state index is 6.73. The highest BCUT2D eigenvalue weighted by atomic mass is 16.3. The number of anilines is 3. The van der Waals surface area contributed by atoms with E-state index in [4.69, 9.17) is 4.42 Å². The van der Waals surface area contributed by atoms with E-state index in [2.05, 4.69) is 228 Å². The van der Waals surface area contributed by atoms with E-state index < -0.39 is 0 Å². The van der Waals surface area contributed by atoms with Crippen molar-refractivity contribution in [3.05, 3.63) is 218 Å². The molecule has 0 bridgehead atoms. The second-order valence-electron chi connectivity index (χ2n) is 16.0. The van der Waals surface area contributed by atoms with Crippen molar-refractivity contribution < 1.29 is 4.42 Å². The first-order valence-corrected chi connectivity index (χ1v) is 20.9. The van der Waals surface area contributed by atoms with Crippen molar-refractivity contribution in [1.82, 2.24) is 4.57 Å². The van der Waals surface area contributed by atoms with Gasteiger partial charge in [-0.3, -0.25) is 0 Å². The minimum Gasteiger partial charge on any atom is -0.456 e. The average molecular weight is 777 g/mol. The van der Waals surface area contributed by atoms with Crippen molar-refractivity contribution in [3.8, 4) is 16.8 Å². The molecule has 61 heavy (non-hydrogen) atoms. The molecule has 2 aromatic heterocycles. The largest absolute Gasteiger partial charge is 0.456 e. The molecule has 3 heteroatoms. The lowest BCUT2D eigenvalue weighted by molar-refractivity contribution is 0.669. The molecule has 0 unspecified atom stereocenters. The molecule has 3 nitrogen and oxygen atoms in total. The second kappa shape index (κ2) is 13.2. The van der Waals surface area contributed by atoms with Crippen molar-refractivity contribution in [1.29, 1.82) is 0 Å². The number of para-hydroxylation sites is 2. The summed E-state index contributed by atoms with van der Waals surface area (Å²) in [5, 5.41) is 14.6. The quantitative estimate of drug-likeness (QED) is 0.162. The molecule has 0 amide bonds. The molecule has 284 valence electrons. The Hall–Kier alpha value is -8.14. The van der Waals surface area contributed by atoms with Gasteiger partial charge in [0.2, 0.25) is 0 Å². The first-order valence-electron chi connectivity index (χ1n) is 20.9. The van der Waals surface area contributed by atoms with Crippen LogP contribution in [-0.4, -0.2) is 4.57 Å². The molecule has 0 saturated heterocycles. The molecule has 0 fully saturated rings. The standard InChI is InChI=1S/C58H36N2O/c1-3-16-38(17-4-1)56-57-51-35-43(59(40-19-5-2-6-20-40)42-29-31-48-46-23-10-9-21-44(46)45-22-11-12-24-47(45)50(48)34-42)30-32-52(51)60(41-28-27-37-15-7-8-18-39(37)33-41)53(57)36-55-58(56)49-25-13-14-26-54(49)61-55/h1-36H. The van der Waals surface area contributed by atoms with E-state index in [0.29, 0.717) is 0 Å². The molecule has 0 aliphatic rings. The fourth-order valence-electron chi connectivity index (χ4n) is 10.1. The Balaban J connectivity index is 1.15. The number of fused-ring (bicyclic) bond motifs is 13. The number of hydrogen-bond acceptors (Lipinski definition) is 2.